The molecule has 0 N–H and O–H groups in total. The standard InChI is InChI=1S/C11H22N5OP/c1-14(2)18(15(3)4,16(5)6)13-17-11-9-7-8-10-12-11/h7-10H,1-6H3. The molecule has 7 heteroatoms. The third-order valence-electron chi connectivity index (χ3n) is 2.49. The van der Waals surface area contributed by atoms with Crippen molar-refractivity contribution in [2.24, 2.45) is 4.91 Å². The van der Waals surface area contributed by atoms with E-state index >= 15 is 0 Å². The fraction of sp³-hybridized carbons (Fsp3) is 0.545. The van der Waals surface area contributed by atoms with Crippen molar-refractivity contribution in [3.05, 3.63) is 24.4 Å². The van der Waals surface area contributed by atoms with Crippen LogP contribution in [-0.4, -0.2) is 61.3 Å². The molecule has 0 atom stereocenters. The van der Waals surface area contributed by atoms with Gasteiger partial charge in [-0.15, -0.1) is 0 Å². The maximum absolute atomic E-state index is 5.49. The highest BCUT2D eigenvalue weighted by atomic mass is 31.2. The maximum atomic E-state index is 5.49. The minimum atomic E-state index is -2.01. The van der Waals surface area contributed by atoms with Crippen molar-refractivity contribution in [1.82, 2.24) is 19.0 Å². The van der Waals surface area contributed by atoms with Crippen molar-refractivity contribution in [1.29, 1.82) is 0 Å². The minimum Gasteiger partial charge on any atom is -0.334 e. The molecule has 0 aliphatic heterocycles. The van der Waals surface area contributed by atoms with Crippen LogP contribution in [0, 0.1) is 0 Å². The van der Waals surface area contributed by atoms with E-state index < -0.39 is 7.51 Å². The van der Waals surface area contributed by atoms with Gasteiger partial charge in [0.15, 0.2) is 0 Å². The molecule has 0 aliphatic carbocycles. The van der Waals surface area contributed by atoms with E-state index in [4.69, 9.17) is 4.84 Å². The fourth-order valence-electron chi connectivity index (χ4n) is 1.79. The summed E-state index contributed by atoms with van der Waals surface area (Å²) in [5.74, 6) is 0.507. The van der Waals surface area contributed by atoms with E-state index in [2.05, 4.69) is 23.9 Å². The molecule has 6 nitrogen and oxygen atoms in total. The van der Waals surface area contributed by atoms with Crippen molar-refractivity contribution in [3.63, 3.8) is 0 Å². The summed E-state index contributed by atoms with van der Waals surface area (Å²) in [5, 5.41) is 0. The average molecular weight is 271 g/mol. The van der Waals surface area contributed by atoms with Gasteiger partial charge in [-0.2, -0.15) is 0 Å². The highest BCUT2D eigenvalue weighted by molar-refractivity contribution is 7.58. The topological polar surface area (TPSA) is 44.2 Å². The summed E-state index contributed by atoms with van der Waals surface area (Å²) in [7, 11) is 9.98. The molecule has 0 aromatic carbocycles. The van der Waals surface area contributed by atoms with E-state index in [1.165, 1.54) is 0 Å². The highest BCUT2D eigenvalue weighted by Crippen LogP contribution is 2.54. The molecule has 0 saturated carbocycles. The Balaban J connectivity index is 3.11. The Kier molecular flexibility index (Phi) is 5.28. The number of rotatable bonds is 5. The van der Waals surface area contributed by atoms with Crippen LogP contribution in [-0.2, 0) is 0 Å². The summed E-state index contributed by atoms with van der Waals surface area (Å²) in [6.45, 7) is 0. The zero-order valence-electron chi connectivity index (χ0n) is 11.9. The summed E-state index contributed by atoms with van der Waals surface area (Å²) in [6.07, 6.45) is 1.69. The van der Waals surface area contributed by atoms with Gasteiger partial charge in [0.2, 0.25) is 13.4 Å². The number of aromatic nitrogens is 1. The predicted molar refractivity (Wildman–Crippen MR) is 75.3 cm³/mol. The second kappa shape index (κ2) is 6.29. The highest BCUT2D eigenvalue weighted by Gasteiger charge is 2.29. The third kappa shape index (κ3) is 3.09. The van der Waals surface area contributed by atoms with Crippen LogP contribution in [0.15, 0.2) is 29.3 Å². The van der Waals surface area contributed by atoms with Crippen molar-refractivity contribution in [2.75, 3.05) is 42.3 Å². The van der Waals surface area contributed by atoms with Gasteiger partial charge in [-0.3, -0.25) is 0 Å². The van der Waals surface area contributed by atoms with Gasteiger partial charge in [0.1, 0.15) is 0 Å². The normalized spacial score (nSPS) is 12.3. The summed E-state index contributed by atoms with van der Waals surface area (Å²) < 4.78 is 6.24. The van der Waals surface area contributed by atoms with Gasteiger partial charge in [0, 0.05) is 12.3 Å². The molecule has 0 unspecified atom stereocenters. The summed E-state index contributed by atoms with van der Waals surface area (Å²) in [5.41, 5.74) is 0. The fourth-order valence-corrected chi connectivity index (χ4v) is 4.57. The van der Waals surface area contributed by atoms with Gasteiger partial charge in [-0.1, -0.05) is 11.0 Å². The van der Waals surface area contributed by atoms with Crippen molar-refractivity contribution in [2.45, 2.75) is 0 Å². The largest absolute Gasteiger partial charge is 0.334 e. The van der Waals surface area contributed by atoms with Gasteiger partial charge in [-0.25, -0.2) is 19.0 Å². The molecule has 0 radical (unpaired) electrons. The Morgan fingerprint density at radius 2 is 1.56 bits per heavy atom. The lowest BCUT2D eigenvalue weighted by Gasteiger charge is -2.39. The predicted octanol–water partition coefficient (Wildman–Crippen LogP) is 2.01. The molecule has 18 heavy (non-hydrogen) atoms. The first-order valence-electron chi connectivity index (χ1n) is 5.64. The lowest BCUT2D eigenvalue weighted by molar-refractivity contribution is 0.312. The molecule has 1 aromatic rings. The van der Waals surface area contributed by atoms with Crippen LogP contribution < -0.4 is 4.84 Å². The average Bonchev–Trinajstić information content (AvgIpc) is 2.29. The summed E-state index contributed by atoms with van der Waals surface area (Å²) in [4.78, 5) is 14.1. The molecular formula is C11H22N5OP. The lowest BCUT2D eigenvalue weighted by atomic mass is 10.5. The molecule has 0 fully saturated rings. The van der Waals surface area contributed by atoms with Crippen LogP contribution in [0.2, 0.25) is 0 Å². The first-order chi connectivity index (χ1) is 8.41. The van der Waals surface area contributed by atoms with Gasteiger partial charge in [0.25, 0.3) is 0 Å². The van der Waals surface area contributed by atoms with Crippen LogP contribution in [0.5, 0.6) is 5.88 Å². The van der Waals surface area contributed by atoms with Crippen LogP contribution in [0.25, 0.3) is 0 Å². The molecule has 1 rings (SSSR count). The molecule has 0 amide bonds. The van der Waals surface area contributed by atoms with Gasteiger partial charge >= 0.3 is 0 Å². The molecule has 0 saturated heterocycles. The summed E-state index contributed by atoms with van der Waals surface area (Å²) in [6, 6.07) is 5.51. The van der Waals surface area contributed by atoms with Crippen LogP contribution >= 0.6 is 7.51 Å². The first kappa shape index (κ1) is 15.1. The zero-order valence-corrected chi connectivity index (χ0v) is 12.8. The third-order valence-corrected chi connectivity index (χ3v) is 6.01. The van der Waals surface area contributed by atoms with Gasteiger partial charge in [0.05, 0.1) is 0 Å². The molecular weight excluding hydrogens is 249 g/mol. The number of hydrogen-bond acceptors (Lipinski definition) is 3. The van der Waals surface area contributed by atoms with Crippen LogP contribution in [0.3, 0.4) is 0 Å². The maximum Gasteiger partial charge on any atom is 0.248 e. The quantitative estimate of drug-likeness (QED) is 0.605. The van der Waals surface area contributed by atoms with E-state index in [0.29, 0.717) is 5.88 Å². The smallest absolute Gasteiger partial charge is 0.248 e. The Morgan fingerprint density at radius 3 is 1.94 bits per heavy atom. The van der Waals surface area contributed by atoms with E-state index in [0.717, 1.165) is 0 Å². The SMILES string of the molecule is CN(C)P(=NOc1ccccn1)(N(C)C)N(C)C. The Morgan fingerprint density at radius 1 is 1.00 bits per heavy atom. The molecule has 102 valence electrons. The first-order valence-corrected chi connectivity index (χ1v) is 7.24. The summed E-state index contributed by atoms with van der Waals surface area (Å²) >= 11 is 0. The number of hydrogen-bond donors (Lipinski definition) is 0. The minimum absolute atomic E-state index is 0.507. The molecule has 0 aliphatic rings. The Bertz CT molecular complexity index is 390. The molecule has 1 aromatic heterocycles. The zero-order chi connectivity index (χ0) is 13.8. The van der Waals surface area contributed by atoms with Crippen molar-refractivity contribution < 1.29 is 4.84 Å². The van der Waals surface area contributed by atoms with E-state index in [1.54, 1.807) is 12.3 Å². The van der Waals surface area contributed by atoms with Gasteiger partial charge in [-0.05, 0) is 48.4 Å². The van der Waals surface area contributed by atoms with Gasteiger partial charge < -0.3 is 4.84 Å². The second-order valence-electron chi connectivity index (χ2n) is 4.42. The van der Waals surface area contributed by atoms with Crippen LogP contribution in [0.4, 0.5) is 0 Å². The van der Waals surface area contributed by atoms with Crippen LogP contribution in [0.1, 0.15) is 0 Å². The van der Waals surface area contributed by atoms with Crippen molar-refractivity contribution >= 4 is 7.51 Å². The molecule has 0 spiro atoms. The number of nitrogens with zero attached hydrogens (tertiary/aromatic N) is 5. The van der Waals surface area contributed by atoms with E-state index in [-0.39, 0.29) is 0 Å². The van der Waals surface area contributed by atoms with Crippen molar-refractivity contribution in [3.8, 4) is 5.88 Å². The molecule has 0 bridgehead atoms. The number of pyridine rings is 1. The van der Waals surface area contributed by atoms with E-state index in [9.17, 15) is 0 Å². The van der Waals surface area contributed by atoms with E-state index in [1.807, 2.05) is 54.4 Å². The molecule has 1 heterocycles. The second-order valence-corrected chi connectivity index (χ2v) is 8.06. The Hall–Kier alpha value is -0.940. The monoisotopic (exact) mass is 271 g/mol. The Labute approximate surface area is 109 Å². The lowest BCUT2D eigenvalue weighted by Crippen LogP contribution is -2.31.